The molecule has 0 saturated heterocycles. The highest BCUT2D eigenvalue weighted by atomic mass is 16.5. The number of hydrogen-bond donors (Lipinski definition) is 1. The molecule has 88 valence electrons. The Labute approximate surface area is 99.9 Å². The number of rotatable bonds is 4. The average Bonchev–Trinajstić information content (AvgIpc) is 2.37. The van der Waals surface area contributed by atoms with Crippen LogP contribution in [-0.2, 0) is 6.54 Å². The number of methoxy groups -OCH3 is 1. The van der Waals surface area contributed by atoms with Crippen molar-refractivity contribution >= 4 is 5.82 Å². The molecule has 2 aromatic heterocycles. The van der Waals surface area contributed by atoms with Crippen molar-refractivity contribution in [2.24, 2.45) is 0 Å². The first-order valence-electron chi connectivity index (χ1n) is 5.30. The van der Waals surface area contributed by atoms with Crippen molar-refractivity contribution in [3.8, 4) is 5.88 Å². The number of nitrogens with zero attached hydrogens (tertiary/aromatic N) is 3. The predicted molar refractivity (Wildman–Crippen MR) is 64.9 cm³/mol. The van der Waals surface area contributed by atoms with Crippen molar-refractivity contribution in [1.82, 2.24) is 15.2 Å². The van der Waals surface area contributed by atoms with Crippen molar-refractivity contribution < 1.29 is 4.74 Å². The van der Waals surface area contributed by atoms with Crippen LogP contribution in [0.3, 0.4) is 0 Å². The largest absolute Gasteiger partial charge is 0.481 e. The molecule has 0 aliphatic rings. The highest BCUT2D eigenvalue weighted by molar-refractivity contribution is 5.36. The summed E-state index contributed by atoms with van der Waals surface area (Å²) in [4.78, 5) is 4.13. The van der Waals surface area contributed by atoms with Crippen LogP contribution in [0.1, 0.15) is 11.1 Å². The molecule has 2 heterocycles. The lowest BCUT2D eigenvalue weighted by Gasteiger charge is -2.05. The van der Waals surface area contributed by atoms with E-state index in [4.69, 9.17) is 4.74 Å². The number of pyridine rings is 1. The van der Waals surface area contributed by atoms with Crippen molar-refractivity contribution in [3.05, 3.63) is 41.7 Å². The number of aromatic nitrogens is 3. The van der Waals surface area contributed by atoms with Gasteiger partial charge in [-0.25, -0.2) is 4.98 Å². The van der Waals surface area contributed by atoms with E-state index in [-0.39, 0.29) is 0 Å². The van der Waals surface area contributed by atoms with E-state index in [0.29, 0.717) is 12.4 Å². The molecule has 0 aliphatic heterocycles. The van der Waals surface area contributed by atoms with Gasteiger partial charge in [-0.2, -0.15) is 5.10 Å². The lowest BCUT2D eigenvalue weighted by Crippen LogP contribution is -2.03. The normalized spacial score (nSPS) is 10.0. The van der Waals surface area contributed by atoms with Gasteiger partial charge in [-0.1, -0.05) is 6.07 Å². The second kappa shape index (κ2) is 5.25. The molecule has 1 N–H and O–H groups in total. The summed E-state index contributed by atoms with van der Waals surface area (Å²) in [5.74, 6) is 1.38. The maximum atomic E-state index is 4.99. The van der Waals surface area contributed by atoms with Gasteiger partial charge in [-0.3, -0.25) is 0 Å². The van der Waals surface area contributed by atoms with Gasteiger partial charge in [0.1, 0.15) is 5.82 Å². The first-order chi connectivity index (χ1) is 8.28. The molecule has 2 aromatic rings. The SMILES string of the molecule is COc1ccc(CNc2cc(C)cnn2)cn1. The molecule has 0 spiro atoms. The van der Waals surface area contributed by atoms with Crippen LogP contribution in [0.2, 0.25) is 0 Å². The van der Waals surface area contributed by atoms with Gasteiger partial charge in [0.2, 0.25) is 5.88 Å². The molecule has 17 heavy (non-hydrogen) atoms. The van der Waals surface area contributed by atoms with Gasteiger partial charge in [0.25, 0.3) is 0 Å². The first-order valence-corrected chi connectivity index (χ1v) is 5.30. The Morgan fingerprint density at radius 2 is 2.18 bits per heavy atom. The van der Waals surface area contributed by atoms with Crippen LogP contribution in [0.15, 0.2) is 30.6 Å². The first kappa shape index (κ1) is 11.3. The van der Waals surface area contributed by atoms with E-state index in [1.54, 1.807) is 19.5 Å². The molecular formula is C12H14N4O. The highest BCUT2D eigenvalue weighted by Gasteiger charge is 1.98. The minimum atomic E-state index is 0.615. The number of anilines is 1. The van der Waals surface area contributed by atoms with E-state index in [2.05, 4.69) is 20.5 Å². The fourth-order valence-electron chi connectivity index (χ4n) is 1.38. The monoisotopic (exact) mass is 230 g/mol. The Hall–Kier alpha value is -2.17. The standard InChI is InChI=1S/C12H14N4O/c1-9-5-11(16-15-6-9)13-7-10-3-4-12(17-2)14-8-10/h3-6,8H,7H2,1-2H3,(H,13,16). The molecule has 0 unspecified atom stereocenters. The third kappa shape index (κ3) is 3.14. The summed E-state index contributed by atoms with van der Waals surface area (Å²) in [5.41, 5.74) is 2.14. The van der Waals surface area contributed by atoms with Crippen LogP contribution < -0.4 is 10.1 Å². The highest BCUT2D eigenvalue weighted by Crippen LogP contribution is 2.09. The van der Waals surface area contributed by atoms with Crippen molar-refractivity contribution in [2.45, 2.75) is 13.5 Å². The molecule has 0 saturated carbocycles. The summed E-state index contributed by atoms with van der Waals surface area (Å²) in [6.07, 6.45) is 3.50. The maximum absolute atomic E-state index is 4.99. The van der Waals surface area contributed by atoms with Gasteiger partial charge in [0, 0.05) is 18.8 Å². The zero-order chi connectivity index (χ0) is 12.1. The summed E-state index contributed by atoms with van der Waals surface area (Å²) in [7, 11) is 1.60. The number of nitrogens with one attached hydrogen (secondary N) is 1. The molecule has 0 aromatic carbocycles. The van der Waals surface area contributed by atoms with Gasteiger partial charge >= 0.3 is 0 Å². The van der Waals surface area contributed by atoms with Gasteiger partial charge < -0.3 is 10.1 Å². The fraction of sp³-hybridized carbons (Fsp3) is 0.250. The van der Waals surface area contributed by atoms with Gasteiger partial charge in [-0.15, -0.1) is 5.10 Å². The lowest BCUT2D eigenvalue weighted by molar-refractivity contribution is 0.397. The number of hydrogen-bond acceptors (Lipinski definition) is 5. The number of ether oxygens (including phenoxy) is 1. The minimum absolute atomic E-state index is 0.615. The molecule has 5 nitrogen and oxygen atoms in total. The van der Waals surface area contributed by atoms with E-state index >= 15 is 0 Å². The Kier molecular flexibility index (Phi) is 3.49. The van der Waals surface area contributed by atoms with Crippen molar-refractivity contribution in [2.75, 3.05) is 12.4 Å². The predicted octanol–water partition coefficient (Wildman–Crippen LogP) is 1.80. The van der Waals surface area contributed by atoms with Crippen LogP contribution in [0.5, 0.6) is 5.88 Å². The smallest absolute Gasteiger partial charge is 0.212 e. The summed E-state index contributed by atoms with van der Waals surface area (Å²) < 4.78 is 4.99. The molecule has 0 bridgehead atoms. The van der Waals surface area contributed by atoms with Crippen LogP contribution in [0.25, 0.3) is 0 Å². The molecule has 0 amide bonds. The molecular weight excluding hydrogens is 216 g/mol. The molecule has 2 rings (SSSR count). The molecule has 5 heteroatoms. The van der Waals surface area contributed by atoms with Gasteiger partial charge in [0.15, 0.2) is 0 Å². The summed E-state index contributed by atoms with van der Waals surface area (Å²) in [5, 5.41) is 11.0. The van der Waals surface area contributed by atoms with Crippen LogP contribution in [-0.4, -0.2) is 22.3 Å². The molecule has 0 atom stereocenters. The van der Waals surface area contributed by atoms with Crippen molar-refractivity contribution in [1.29, 1.82) is 0 Å². The lowest BCUT2D eigenvalue weighted by atomic mass is 10.3. The van der Waals surface area contributed by atoms with Gasteiger partial charge in [-0.05, 0) is 24.1 Å². The van der Waals surface area contributed by atoms with E-state index in [0.717, 1.165) is 16.9 Å². The molecule has 0 fully saturated rings. The zero-order valence-electron chi connectivity index (χ0n) is 9.84. The maximum Gasteiger partial charge on any atom is 0.212 e. The molecule has 0 radical (unpaired) electrons. The third-order valence-corrected chi connectivity index (χ3v) is 2.27. The quantitative estimate of drug-likeness (QED) is 0.867. The van der Waals surface area contributed by atoms with Crippen molar-refractivity contribution in [3.63, 3.8) is 0 Å². The van der Waals surface area contributed by atoms with E-state index < -0.39 is 0 Å². The Balaban J connectivity index is 1.97. The van der Waals surface area contributed by atoms with E-state index in [1.165, 1.54) is 0 Å². The van der Waals surface area contributed by atoms with E-state index in [1.807, 2.05) is 25.1 Å². The zero-order valence-corrected chi connectivity index (χ0v) is 9.84. The van der Waals surface area contributed by atoms with Crippen LogP contribution in [0.4, 0.5) is 5.82 Å². The minimum Gasteiger partial charge on any atom is -0.481 e. The fourth-order valence-corrected chi connectivity index (χ4v) is 1.38. The number of aryl methyl sites for hydroxylation is 1. The van der Waals surface area contributed by atoms with E-state index in [9.17, 15) is 0 Å². The summed E-state index contributed by atoms with van der Waals surface area (Å²) in [6, 6.07) is 5.74. The second-order valence-electron chi connectivity index (χ2n) is 3.68. The Morgan fingerprint density at radius 3 is 2.82 bits per heavy atom. The average molecular weight is 230 g/mol. The van der Waals surface area contributed by atoms with Crippen LogP contribution in [0, 0.1) is 6.92 Å². The van der Waals surface area contributed by atoms with Crippen LogP contribution >= 0.6 is 0 Å². The third-order valence-electron chi connectivity index (χ3n) is 2.27. The topological polar surface area (TPSA) is 59.9 Å². The second-order valence-corrected chi connectivity index (χ2v) is 3.68. The summed E-state index contributed by atoms with van der Waals surface area (Å²) in [6.45, 7) is 2.64. The molecule has 0 aliphatic carbocycles. The summed E-state index contributed by atoms with van der Waals surface area (Å²) >= 11 is 0. The Morgan fingerprint density at radius 1 is 1.29 bits per heavy atom. The van der Waals surface area contributed by atoms with Gasteiger partial charge in [0.05, 0.1) is 13.3 Å². The Bertz CT molecular complexity index is 484.